The van der Waals surface area contributed by atoms with Gasteiger partial charge in [-0.1, -0.05) is 22.0 Å². The second-order valence-electron chi connectivity index (χ2n) is 6.18. The lowest BCUT2D eigenvalue weighted by Gasteiger charge is -2.18. The van der Waals surface area contributed by atoms with Crippen LogP contribution >= 0.6 is 27.3 Å². The highest BCUT2D eigenvalue weighted by Gasteiger charge is 2.31. The van der Waals surface area contributed by atoms with Crippen molar-refractivity contribution in [3.05, 3.63) is 86.3 Å². The summed E-state index contributed by atoms with van der Waals surface area (Å²) in [6.45, 7) is 1.43. The number of carbonyl (C=O) groups is 1. The molecule has 3 rings (SSSR count). The van der Waals surface area contributed by atoms with Crippen LogP contribution in [0.15, 0.2) is 69.3 Å². The van der Waals surface area contributed by atoms with Crippen molar-refractivity contribution in [1.82, 2.24) is 5.32 Å². The van der Waals surface area contributed by atoms with Gasteiger partial charge in [0.2, 0.25) is 0 Å². The van der Waals surface area contributed by atoms with Crippen LogP contribution < -0.4 is 5.32 Å². The van der Waals surface area contributed by atoms with E-state index in [9.17, 15) is 17.6 Å². The molecule has 0 fully saturated rings. The maximum atomic E-state index is 13.6. The van der Waals surface area contributed by atoms with Crippen molar-refractivity contribution in [3.8, 4) is 0 Å². The third-order valence-electron chi connectivity index (χ3n) is 4.25. The first kappa shape index (κ1) is 20.7. The van der Waals surface area contributed by atoms with Crippen molar-refractivity contribution in [3.63, 3.8) is 0 Å². The smallest absolute Gasteiger partial charge is 0.251 e. The molecule has 1 aromatic heterocycles. The summed E-state index contributed by atoms with van der Waals surface area (Å²) in [6, 6.07) is 14.0. The molecule has 1 heterocycles. The number of benzene rings is 2. The number of sulfone groups is 1. The number of amides is 1. The molecule has 1 atom stereocenters. The maximum Gasteiger partial charge on any atom is 0.251 e. The van der Waals surface area contributed by atoms with E-state index in [2.05, 4.69) is 21.2 Å². The van der Waals surface area contributed by atoms with Gasteiger partial charge in [0.1, 0.15) is 11.1 Å². The zero-order chi connectivity index (χ0) is 20.3. The Morgan fingerprint density at radius 2 is 1.89 bits per heavy atom. The summed E-state index contributed by atoms with van der Waals surface area (Å²) in [7, 11) is -3.83. The molecule has 0 aliphatic rings. The first-order chi connectivity index (χ1) is 13.3. The highest BCUT2D eigenvalue weighted by molar-refractivity contribution is 9.10. The summed E-state index contributed by atoms with van der Waals surface area (Å²) in [5.74, 6) is -0.824. The van der Waals surface area contributed by atoms with Crippen LogP contribution in [-0.2, 0) is 9.84 Å². The average molecular weight is 482 g/mol. The minimum Gasteiger partial charge on any atom is -0.350 e. The molecule has 0 saturated heterocycles. The Morgan fingerprint density at radius 1 is 1.18 bits per heavy atom. The molecule has 28 heavy (non-hydrogen) atoms. The fourth-order valence-corrected chi connectivity index (χ4v) is 5.82. The Kier molecular flexibility index (Phi) is 6.32. The predicted octanol–water partition coefficient (Wildman–Crippen LogP) is 4.90. The molecule has 3 aromatic rings. The standard InChI is InChI=1S/C20H17BrFNO3S2/c1-13-11-16(8-9-17(13)22)28(25,26)19(18-3-2-10-27-18)12-23-20(24)14-4-6-15(21)7-5-14/h2-11,19H,12H2,1H3,(H,23,24)/t19-/m1/s1. The molecule has 4 nitrogen and oxygen atoms in total. The Bertz CT molecular complexity index is 1080. The minimum atomic E-state index is -3.83. The van der Waals surface area contributed by atoms with E-state index in [0.717, 1.165) is 10.5 Å². The second kappa shape index (κ2) is 8.55. The van der Waals surface area contributed by atoms with E-state index in [1.54, 1.807) is 41.8 Å². The van der Waals surface area contributed by atoms with Crippen LogP contribution in [-0.4, -0.2) is 20.9 Å². The van der Waals surface area contributed by atoms with Gasteiger partial charge in [0.15, 0.2) is 9.84 Å². The lowest BCUT2D eigenvalue weighted by atomic mass is 10.2. The lowest BCUT2D eigenvalue weighted by molar-refractivity contribution is 0.0953. The van der Waals surface area contributed by atoms with Crippen LogP contribution in [0.25, 0.3) is 0 Å². The molecule has 8 heteroatoms. The van der Waals surface area contributed by atoms with E-state index in [4.69, 9.17) is 0 Å². The number of thiophene rings is 1. The van der Waals surface area contributed by atoms with Crippen molar-refractivity contribution in [2.24, 2.45) is 0 Å². The monoisotopic (exact) mass is 481 g/mol. The summed E-state index contributed by atoms with van der Waals surface area (Å²) < 4.78 is 40.9. The zero-order valence-corrected chi connectivity index (χ0v) is 18.1. The highest BCUT2D eigenvalue weighted by Crippen LogP contribution is 2.32. The second-order valence-corrected chi connectivity index (χ2v) is 10.2. The Labute approximate surface area is 175 Å². The SMILES string of the molecule is Cc1cc(S(=O)(=O)[C@H](CNC(=O)c2ccc(Br)cc2)c2cccs2)ccc1F. The Morgan fingerprint density at radius 3 is 2.50 bits per heavy atom. The third-order valence-corrected chi connectivity index (χ3v) is 7.99. The summed E-state index contributed by atoms with van der Waals surface area (Å²) >= 11 is 4.61. The number of rotatable bonds is 6. The number of halogens is 2. The molecule has 1 N–H and O–H groups in total. The average Bonchev–Trinajstić information content (AvgIpc) is 3.18. The van der Waals surface area contributed by atoms with Gasteiger partial charge >= 0.3 is 0 Å². The Balaban J connectivity index is 1.88. The van der Waals surface area contributed by atoms with Gasteiger partial charge < -0.3 is 5.32 Å². The van der Waals surface area contributed by atoms with Crippen molar-refractivity contribution in [2.45, 2.75) is 17.1 Å². The largest absolute Gasteiger partial charge is 0.350 e. The number of nitrogens with one attached hydrogen (secondary N) is 1. The molecule has 0 bridgehead atoms. The maximum absolute atomic E-state index is 13.6. The van der Waals surface area contributed by atoms with E-state index in [-0.39, 0.29) is 22.9 Å². The molecule has 0 radical (unpaired) electrons. The van der Waals surface area contributed by atoms with Crippen molar-refractivity contribution in [2.75, 3.05) is 6.54 Å². The number of carbonyl (C=O) groups excluding carboxylic acids is 1. The summed E-state index contributed by atoms with van der Waals surface area (Å²) in [5.41, 5.74) is 0.688. The number of hydrogen-bond acceptors (Lipinski definition) is 4. The third kappa shape index (κ3) is 4.51. The van der Waals surface area contributed by atoms with E-state index in [1.165, 1.54) is 30.4 Å². The van der Waals surface area contributed by atoms with E-state index >= 15 is 0 Å². The highest BCUT2D eigenvalue weighted by atomic mass is 79.9. The van der Waals surface area contributed by atoms with Crippen molar-refractivity contribution >= 4 is 43.0 Å². The first-order valence-corrected chi connectivity index (χ1v) is 11.6. The summed E-state index contributed by atoms with van der Waals surface area (Å²) in [6.07, 6.45) is 0. The molecular weight excluding hydrogens is 465 g/mol. The van der Waals surface area contributed by atoms with Gasteiger partial charge in [0.25, 0.3) is 5.91 Å². The molecule has 0 spiro atoms. The van der Waals surface area contributed by atoms with Crippen molar-refractivity contribution < 1.29 is 17.6 Å². The van der Waals surface area contributed by atoms with Gasteiger partial charge in [-0.05, 0) is 66.4 Å². The van der Waals surface area contributed by atoms with Gasteiger partial charge in [0, 0.05) is 21.5 Å². The Hall–Kier alpha value is -2.03. The number of aryl methyl sites for hydroxylation is 1. The van der Waals surface area contributed by atoms with E-state index in [1.807, 2.05) is 0 Å². The van der Waals surface area contributed by atoms with Crippen LogP contribution in [0.5, 0.6) is 0 Å². The zero-order valence-electron chi connectivity index (χ0n) is 14.9. The predicted molar refractivity (Wildman–Crippen MR) is 112 cm³/mol. The van der Waals surface area contributed by atoms with Crippen molar-refractivity contribution in [1.29, 1.82) is 0 Å². The molecule has 0 aliphatic carbocycles. The van der Waals surface area contributed by atoms with Gasteiger partial charge in [-0.15, -0.1) is 11.3 Å². The quantitative estimate of drug-likeness (QED) is 0.509. The van der Waals surface area contributed by atoms with Crippen LogP contribution in [0.4, 0.5) is 4.39 Å². The fourth-order valence-electron chi connectivity index (χ4n) is 2.68. The molecular formula is C20H17BrFNO3S2. The summed E-state index contributed by atoms with van der Waals surface area (Å²) in [5, 5.41) is 3.53. The molecule has 1 amide bonds. The molecule has 0 saturated carbocycles. The molecule has 2 aromatic carbocycles. The van der Waals surface area contributed by atoms with Crippen LogP contribution in [0.3, 0.4) is 0 Å². The van der Waals surface area contributed by atoms with Gasteiger partial charge in [-0.3, -0.25) is 4.79 Å². The molecule has 146 valence electrons. The van der Waals surface area contributed by atoms with E-state index in [0.29, 0.717) is 10.4 Å². The fraction of sp³-hybridized carbons (Fsp3) is 0.150. The number of hydrogen-bond donors (Lipinski definition) is 1. The first-order valence-electron chi connectivity index (χ1n) is 8.36. The van der Waals surface area contributed by atoms with Gasteiger partial charge in [0.05, 0.1) is 4.90 Å². The minimum absolute atomic E-state index is 0.0303. The van der Waals surface area contributed by atoms with Gasteiger partial charge in [-0.25, -0.2) is 12.8 Å². The topological polar surface area (TPSA) is 63.2 Å². The van der Waals surface area contributed by atoms with Crippen LogP contribution in [0.1, 0.15) is 26.0 Å². The summed E-state index contributed by atoms with van der Waals surface area (Å²) in [4.78, 5) is 13.1. The normalized spacial score (nSPS) is 12.5. The molecule has 0 aliphatic heterocycles. The van der Waals surface area contributed by atoms with Gasteiger partial charge in [-0.2, -0.15) is 0 Å². The molecule has 0 unspecified atom stereocenters. The van der Waals surface area contributed by atoms with Crippen LogP contribution in [0.2, 0.25) is 0 Å². The lowest BCUT2D eigenvalue weighted by Crippen LogP contribution is -2.31. The van der Waals surface area contributed by atoms with Crippen LogP contribution in [0, 0.1) is 12.7 Å². The van der Waals surface area contributed by atoms with E-state index < -0.39 is 20.9 Å².